The molecule has 3 rings (SSSR count). The van der Waals surface area contributed by atoms with Crippen molar-refractivity contribution >= 4 is 39.9 Å². The van der Waals surface area contributed by atoms with Crippen LogP contribution in [0.3, 0.4) is 0 Å². The second-order valence-electron chi connectivity index (χ2n) is 8.86. The van der Waals surface area contributed by atoms with Gasteiger partial charge in [-0.3, -0.25) is 29.2 Å². The van der Waals surface area contributed by atoms with Crippen molar-refractivity contribution in [1.29, 1.82) is 0 Å². The van der Waals surface area contributed by atoms with Gasteiger partial charge in [-0.05, 0) is 52.3 Å². The van der Waals surface area contributed by atoms with Crippen LogP contribution in [0.5, 0.6) is 0 Å². The van der Waals surface area contributed by atoms with E-state index in [1.807, 2.05) is 6.07 Å². The molecule has 0 atom stereocenters. The van der Waals surface area contributed by atoms with Crippen molar-refractivity contribution in [2.75, 3.05) is 17.6 Å². The normalized spacial score (nSPS) is 11.5. The molecule has 0 aliphatic heterocycles. The molecular weight excluding hydrogens is 466 g/mol. The number of carbonyl (C=O) groups excluding carboxylic acids is 1. The number of nitro benzene ring substituents is 1. The molecule has 0 saturated carbocycles. The van der Waals surface area contributed by atoms with Gasteiger partial charge >= 0.3 is 0 Å². The Morgan fingerprint density at radius 2 is 1.83 bits per heavy atom. The number of aromatic nitrogens is 2. The van der Waals surface area contributed by atoms with Gasteiger partial charge < -0.3 is 5.32 Å². The average Bonchev–Trinajstić information content (AvgIpc) is 2.80. The highest BCUT2D eigenvalue weighted by Gasteiger charge is 2.20. The number of nitrogens with zero attached hydrogens (tertiary/aromatic N) is 4. The molecule has 0 saturated heterocycles. The van der Waals surface area contributed by atoms with Crippen LogP contribution in [0.2, 0.25) is 0 Å². The molecule has 0 fully saturated rings. The van der Waals surface area contributed by atoms with Crippen LogP contribution in [0.1, 0.15) is 33.3 Å². The summed E-state index contributed by atoms with van der Waals surface area (Å²) in [6.07, 6.45) is 0. The molecule has 0 spiro atoms. The van der Waals surface area contributed by atoms with Crippen molar-refractivity contribution in [2.45, 2.75) is 58.4 Å². The first-order valence-electron chi connectivity index (χ1n) is 11.5. The lowest BCUT2D eigenvalue weighted by Gasteiger charge is -2.30. The summed E-state index contributed by atoms with van der Waals surface area (Å²) < 4.78 is 1.62. The Bertz CT molecular complexity index is 1280. The lowest BCUT2D eigenvalue weighted by atomic mass is 10.1. The van der Waals surface area contributed by atoms with E-state index in [1.54, 1.807) is 41.8 Å². The van der Waals surface area contributed by atoms with Crippen LogP contribution >= 0.6 is 11.8 Å². The third-order valence-corrected chi connectivity index (χ3v) is 6.76. The molecule has 1 amide bonds. The topological polar surface area (TPSA) is 110 Å². The van der Waals surface area contributed by atoms with E-state index in [4.69, 9.17) is 0 Å². The lowest BCUT2D eigenvalue weighted by molar-refractivity contribution is -0.384. The van der Waals surface area contributed by atoms with Crippen molar-refractivity contribution in [2.24, 2.45) is 0 Å². The van der Waals surface area contributed by atoms with Gasteiger partial charge in [0.05, 0.1) is 21.6 Å². The van der Waals surface area contributed by atoms with E-state index in [1.165, 1.54) is 6.07 Å². The van der Waals surface area contributed by atoms with Gasteiger partial charge in [0.2, 0.25) is 5.91 Å². The maximum Gasteiger partial charge on any atom is 0.293 e. The van der Waals surface area contributed by atoms with Gasteiger partial charge in [-0.25, -0.2) is 4.98 Å². The number of nitrogens with one attached hydrogen (secondary N) is 1. The van der Waals surface area contributed by atoms with Crippen LogP contribution in [0.25, 0.3) is 10.9 Å². The van der Waals surface area contributed by atoms with Crippen LogP contribution in [0.4, 0.5) is 11.4 Å². The van der Waals surface area contributed by atoms with Gasteiger partial charge in [0.15, 0.2) is 5.16 Å². The number of fused-ring (bicyclic) bond motifs is 1. The molecule has 0 radical (unpaired) electrons. The predicted molar refractivity (Wildman–Crippen MR) is 140 cm³/mol. The highest BCUT2D eigenvalue weighted by Crippen LogP contribution is 2.28. The van der Waals surface area contributed by atoms with E-state index < -0.39 is 10.8 Å². The maximum atomic E-state index is 13.3. The molecule has 1 heterocycles. The highest BCUT2D eigenvalue weighted by atomic mass is 32.2. The summed E-state index contributed by atoms with van der Waals surface area (Å²) in [5, 5.41) is 15.0. The number of thioether (sulfide) groups is 1. The number of amides is 1. The van der Waals surface area contributed by atoms with Gasteiger partial charge in [0.25, 0.3) is 11.2 Å². The minimum atomic E-state index is -0.520. The lowest BCUT2D eigenvalue weighted by Crippen LogP contribution is -2.40. The molecule has 1 N–H and O–H groups in total. The summed E-state index contributed by atoms with van der Waals surface area (Å²) >= 11 is 1.14. The molecule has 1 aromatic heterocycles. The van der Waals surface area contributed by atoms with Crippen molar-refractivity contribution in [1.82, 2.24) is 14.5 Å². The molecule has 35 heavy (non-hydrogen) atoms. The molecular formula is C25H31N5O4S. The number of benzene rings is 2. The van der Waals surface area contributed by atoms with E-state index >= 15 is 0 Å². The van der Waals surface area contributed by atoms with Crippen LogP contribution < -0.4 is 10.9 Å². The van der Waals surface area contributed by atoms with Gasteiger partial charge in [0.1, 0.15) is 5.69 Å². The van der Waals surface area contributed by atoms with Crippen molar-refractivity contribution in [3.05, 3.63) is 68.5 Å². The Balaban J connectivity index is 1.87. The second kappa shape index (κ2) is 11.5. The first-order chi connectivity index (χ1) is 16.6. The number of para-hydroxylation sites is 2. The Labute approximate surface area is 208 Å². The first-order valence-corrected chi connectivity index (χ1v) is 12.5. The first kappa shape index (κ1) is 26.4. The van der Waals surface area contributed by atoms with Crippen molar-refractivity contribution < 1.29 is 9.72 Å². The number of anilines is 1. The number of nitro groups is 1. The Hall–Kier alpha value is -3.24. The van der Waals surface area contributed by atoms with E-state index in [-0.39, 0.29) is 22.7 Å². The zero-order chi connectivity index (χ0) is 25.7. The van der Waals surface area contributed by atoms with Crippen LogP contribution in [0, 0.1) is 17.0 Å². The van der Waals surface area contributed by atoms with Crippen LogP contribution in [-0.2, 0) is 11.3 Å². The third-order valence-electron chi connectivity index (χ3n) is 5.78. The zero-order valence-corrected chi connectivity index (χ0v) is 21.5. The molecule has 0 bridgehead atoms. The smallest absolute Gasteiger partial charge is 0.293 e. The largest absolute Gasteiger partial charge is 0.319 e. The summed E-state index contributed by atoms with van der Waals surface area (Å²) in [6.45, 7) is 11.3. The van der Waals surface area contributed by atoms with Gasteiger partial charge in [-0.2, -0.15) is 0 Å². The van der Waals surface area contributed by atoms with Gasteiger partial charge in [-0.1, -0.05) is 36.0 Å². The maximum absolute atomic E-state index is 13.3. The molecule has 0 aliphatic rings. The summed E-state index contributed by atoms with van der Waals surface area (Å²) in [5.41, 5.74) is 1.03. The molecule has 10 heteroatoms. The fraction of sp³-hybridized carbons (Fsp3) is 0.400. The van der Waals surface area contributed by atoms with E-state index in [0.29, 0.717) is 46.8 Å². The molecule has 3 aromatic rings. The SMILES string of the molecule is Cc1cccc([N+](=O)[O-])c1NC(=O)CSc1nc2ccccc2c(=O)n1CCN(C(C)C)C(C)C. The monoisotopic (exact) mass is 497 g/mol. The quantitative estimate of drug-likeness (QED) is 0.190. The number of aryl methyl sites for hydroxylation is 1. The molecule has 2 aromatic carbocycles. The van der Waals surface area contributed by atoms with Gasteiger partial charge in [-0.15, -0.1) is 0 Å². The minimum Gasteiger partial charge on any atom is -0.319 e. The zero-order valence-electron chi connectivity index (χ0n) is 20.6. The number of hydrogen-bond donors (Lipinski definition) is 1. The Morgan fingerprint density at radius 3 is 2.49 bits per heavy atom. The number of rotatable bonds is 10. The standard InChI is InChI=1S/C25H31N5O4S/c1-16(2)28(17(3)4)13-14-29-24(32)19-10-6-7-11-20(19)26-25(29)35-15-22(31)27-23-18(5)9-8-12-21(23)30(33)34/h6-12,16-17H,13-15H2,1-5H3,(H,27,31). The third kappa shape index (κ3) is 6.26. The van der Waals surface area contributed by atoms with E-state index in [2.05, 4.69) is 42.9 Å². The average molecular weight is 498 g/mol. The van der Waals surface area contributed by atoms with Gasteiger partial charge in [0, 0.05) is 31.2 Å². The Morgan fingerprint density at radius 1 is 1.14 bits per heavy atom. The van der Waals surface area contributed by atoms with Crippen LogP contribution in [0.15, 0.2) is 52.4 Å². The predicted octanol–water partition coefficient (Wildman–Crippen LogP) is 4.46. The van der Waals surface area contributed by atoms with Crippen molar-refractivity contribution in [3.8, 4) is 0 Å². The molecule has 0 unspecified atom stereocenters. The van der Waals surface area contributed by atoms with Crippen LogP contribution in [-0.4, -0.2) is 49.7 Å². The minimum absolute atomic E-state index is 0.0473. The summed E-state index contributed by atoms with van der Waals surface area (Å²) in [5.74, 6) is -0.457. The highest BCUT2D eigenvalue weighted by molar-refractivity contribution is 7.99. The molecule has 186 valence electrons. The fourth-order valence-corrected chi connectivity index (χ4v) is 4.88. The number of carbonyl (C=O) groups is 1. The second-order valence-corrected chi connectivity index (χ2v) is 9.80. The summed E-state index contributed by atoms with van der Waals surface area (Å²) in [4.78, 5) is 43.9. The fourth-order valence-electron chi connectivity index (χ4n) is 4.06. The molecule has 9 nitrogen and oxygen atoms in total. The van der Waals surface area contributed by atoms with E-state index in [9.17, 15) is 19.7 Å². The van der Waals surface area contributed by atoms with Crippen molar-refractivity contribution in [3.63, 3.8) is 0 Å². The summed E-state index contributed by atoms with van der Waals surface area (Å²) in [6, 6.07) is 12.4. The summed E-state index contributed by atoms with van der Waals surface area (Å²) in [7, 11) is 0. The Kier molecular flexibility index (Phi) is 8.63. The van der Waals surface area contributed by atoms with E-state index in [0.717, 1.165) is 11.8 Å². The number of hydrogen-bond acceptors (Lipinski definition) is 7. The molecule has 0 aliphatic carbocycles.